The quantitative estimate of drug-likeness (QED) is 0.669. The van der Waals surface area contributed by atoms with Crippen molar-refractivity contribution in [3.8, 4) is 5.75 Å². The van der Waals surface area contributed by atoms with Crippen LogP contribution in [0.25, 0.3) is 0 Å². The van der Waals surface area contributed by atoms with E-state index in [2.05, 4.69) is 10.6 Å². The normalized spacial score (nSPS) is 10.2. The molecule has 26 heavy (non-hydrogen) atoms. The van der Waals surface area contributed by atoms with Gasteiger partial charge in [-0.2, -0.15) is 0 Å². The third-order valence-electron chi connectivity index (χ3n) is 4.11. The highest BCUT2D eigenvalue weighted by Crippen LogP contribution is 2.17. The van der Waals surface area contributed by atoms with Crippen LogP contribution in [0.15, 0.2) is 72.8 Å². The van der Waals surface area contributed by atoms with E-state index < -0.39 is 0 Å². The molecule has 0 aromatic heterocycles. The maximum absolute atomic E-state index is 12.2. The molecule has 0 bridgehead atoms. The van der Waals surface area contributed by atoms with Crippen molar-refractivity contribution < 1.29 is 9.53 Å². The molecular weight excluding hydrogens is 324 g/mol. The average Bonchev–Trinajstić information content (AvgIpc) is 2.68. The molecule has 3 aromatic rings. The first-order valence-corrected chi connectivity index (χ1v) is 8.49. The van der Waals surface area contributed by atoms with Gasteiger partial charge in [-0.3, -0.25) is 4.79 Å². The minimum Gasteiger partial charge on any atom is -0.497 e. The van der Waals surface area contributed by atoms with Crippen molar-refractivity contribution in [1.29, 1.82) is 0 Å². The Morgan fingerprint density at radius 1 is 0.846 bits per heavy atom. The first-order valence-electron chi connectivity index (χ1n) is 8.49. The summed E-state index contributed by atoms with van der Waals surface area (Å²) in [7, 11) is 1.66. The van der Waals surface area contributed by atoms with Crippen LogP contribution in [0.4, 0.5) is 11.4 Å². The van der Waals surface area contributed by atoms with Crippen molar-refractivity contribution in [1.82, 2.24) is 0 Å². The summed E-state index contributed by atoms with van der Waals surface area (Å²) in [4.78, 5) is 12.2. The number of carbonyl (C=O) groups excluding carboxylic acids is 1. The fourth-order valence-corrected chi connectivity index (χ4v) is 2.53. The summed E-state index contributed by atoms with van der Waals surface area (Å²) >= 11 is 0. The Morgan fingerprint density at radius 2 is 1.46 bits per heavy atom. The smallest absolute Gasteiger partial charge is 0.255 e. The predicted octanol–water partition coefficient (Wildman–Crippen LogP) is 4.87. The van der Waals surface area contributed by atoms with Crippen LogP contribution >= 0.6 is 0 Å². The summed E-state index contributed by atoms with van der Waals surface area (Å²) in [5.74, 6) is 0.742. The van der Waals surface area contributed by atoms with E-state index in [1.165, 1.54) is 5.56 Å². The van der Waals surface area contributed by atoms with Gasteiger partial charge in [-0.05, 0) is 61.0 Å². The van der Waals surface area contributed by atoms with E-state index in [4.69, 9.17) is 4.74 Å². The Hall–Kier alpha value is -3.27. The first-order chi connectivity index (χ1) is 12.6. The van der Waals surface area contributed by atoms with Crippen LogP contribution in [0.1, 0.15) is 21.5 Å². The van der Waals surface area contributed by atoms with Crippen LogP contribution in [0.3, 0.4) is 0 Å². The lowest BCUT2D eigenvalue weighted by atomic mass is 10.1. The van der Waals surface area contributed by atoms with Gasteiger partial charge in [-0.1, -0.05) is 29.8 Å². The molecule has 0 unspecified atom stereocenters. The van der Waals surface area contributed by atoms with E-state index in [0.717, 1.165) is 29.2 Å². The number of amides is 1. The van der Waals surface area contributed by atoms with Crippen molar-refractivity contribution in [3.63, 3.8) is 0 Å². The molecule has 0 saturated carbocycles. The second kappa shape index (κ2) is 8.21. The van der Waals surface area contributed by atoms with E-state index >= 15 is 0 Å². The molecular formula is C22H22N2O2. The van der Waals surface area contributed by atoms with Crippen LogP contribution in [-0.4, -0.2) is 13.0 Å². The highest BCUT2D eigenvalue weighted by molar-refractivity contribution is 6.04. The number of ether oxygens (including phenoxy) is 1. The minimum absolute atomic E-state index is 0.107. The highest BCUT2D eigenvalue weighted by Gasteiger charge is 2.05. The van der Waals surface area contributed by atoms with Crippen LogP contribution in [-0.2, 0) is 6.54 Å². The zero-order chi connectivity index (χ0) is 18.4. The molecule has 0 saturated heterocycles. The van der Waals surface area contributed by atoms with Gasteiger partial charge in [0.05, 0.1) is 7.11 Å². The van der Waals surface area contributed by atoms with Gasteiger partial charge in [-0.25, -0.2) is 0 Å². The summed E-state index contributed by atoms with van der Waals surface area (Å²) in [6, 6.07) is 23.2. The minimum atomic E-state index is -0.107. The summed E-state index contributed by atoms with van der Waals surface area (Å²) < 4.78 is 5.16. The highest BCUT2D eigenvalue weighted by atomic mass is 16.5. The molecule has 2 N–H and O–H groups in total. The molecule has 0 aliphatic rings. The Bertz CT molecular complexity index is 854. The monoisotopic (exact) mass is 346 g/mol. The van der Waals surface area contributed by atoms with Gasteiger partial charge in [0.25, 0.3) is 5.91 Å². The van der Waals surface area contributed by atoms with Crippen molar-refractivity contribution in [2.75, 3.05) is 17.7 Å². The number of benzene rings is 3. The fourth-order valence-electron chi connectivity index (χ4n) is 2.53. The summed E-state index contributed by atoms with van der Waals surface area (Å²) in [6.07, 6.45) is 0. The van der Waals surface area contributed by atoms with Gasteiger partial charge in [0.15, 0.2) is 0 Å². The number of hydrogen-bond donors (Lipinski definition) is 2. The molecule has 3 rings (SSSR count). The zero-order valence-corrected chi connectivity index (χ0v) is 15.0. The summed E-state index contributed by atoms with van der Waals surface area (Å²) in [5.41, 5.74) is 4.72. The topological polar surface area (TPSA) is 50.4 Å². The van der Waals surface area contributed by atoms with E-state index in [9.17, 15) is 4.79 Å². The van der Waals surface area contributed by atoms with Crippen LogP contribution in [0.2, 0.25) is 0 Å². The lowest BCUT2D eigenvalue weighted by Crippen LogP contribution is -2.11. The molecule has 0 radical (unpaired) electrons. The molecule has 4 heteroatoms. The molecule has 0 atom stereocenters. The van der Waals surface area contributed by atoms with E-state index in [1.807, 2.05) is 79.7 Å². The van der Waals surface area contributed by atoms with Crippen LogP contribution < -0.4 is 15.4 Å². The van der Waals surface area contributed by atoms with Crippen molar-refractivity contribution in [2.45, 2.75) is 13.5 Å². The number of nitrogens with one attached hydrogen (secondary N) is 2. The Labute approximate surface area is 153 Å². The third-order valence-corrected chi connectivity index (χ3v) is 4.11. The Balaban J connectivity index is 1.55. The molecule has 0 aliphatic heterocycles. The second-order valence-electron chi connectivity index (χ2n) is 6.10. The molecule has 0 spiro atoms. The Morgan fingerprint density at radius 3 is 2.08 bits per heavy atom. The fraction of sp³-hybridized carbons (Fsp3) is 0.136. The Kier molecular flexibility index (Phi) is 5.54. The van der Waals surface area contributed by atoms with Crippen molar-refractivity contribution >= 4 is 17.3 Å². The van der Waals surface area contributed by atoms with Crippen LogP contribution in [0.5, 0.6) is 5.75 Å². The predicted molar refractivity (Wildman–Crippen MR) is 106 cm³/mol. The molecule has 0 fully saturated rings. The lowest BCUT2D eigenvalue weighted by molar-refractivity contribution is 0.102. The maximum atomic E-state index is 12.2. The second-order valence-corrected chi connectivity index (χ2v) is 6.10. The number of hydrogen-bond acceptors (Lipinski definition) is 3. The first kappa shape index (κ1) is 17.5. The standard InChI is InChI=1S/C22H22N2O2/c1-16-3-7-18(8-4-16)22(25)24-20-11-9-19(10-12-20)23-15-17-5-13-21(26-2)14-6-17/h3-14,23H,15H2,1-2H3,(H,24,25). The average molecular weight is 346 g/mol. The van der Waals surface area contributed by atoms with Crippen LogP contribution in [0, 0.1) is 6.92 Å². The number of aryl methyl sites for hydroxylation is 1. The van der Waals surface area contributed by atoms with Gasteiger partial charge < -0.3 is 15.4 Å². The number of carbonyl (C=O) groups is 1. The lowest BCUT2D eigenvalue weighted by Gasteiger charge is -2.09. The summed E-state index contributed by atoms with van der Waals surface area (Å²) in [5, 5.41) is 6.27. The molecule has 3 aromatic carbocycles. The van der Waals surface area contributed by atoms with Gasteiger partial charge in [0.2, 0.25) is 0 Å². The third kappa shape index (κ3) is 4.63. The molecule has 1 amide bonds. The summed E-state index contributed by atoms with van der Waals surface area (Å²) in [6.45, 7) is 2.72. The van der Waals surface area contributed by atoms with Gasteiger partial charge >= 0.3 is 0 Å². The van der Waals surface area contributed by atoms with Gasteiger partial charge in [0, 0.05) is 23.5 Å². The molecule has 132 valence electrons. The molecule has 0 aliphatic carbocycles. The number of anilines is 2. The zero-order valence-electron chi connectivity index (χ0n) is 15.0. The van der Waals surface area contributed by atoms with Gasteiger partial charge in [0.1, 0.15) is 5.75 Å². The molecule has 4 nitrogen and oxygen atoms in total. The largest absolute Gasteiger partial charge is 0.497 e. The van der Waals surface area contributed by atoms with E-state index in [1.54, 1.807) is 7.11 Å². The maximum Gasteiger partial charge on any atom is 0.255 e. The van der Waals surface area contributed by atoms with E-state index in [0.29, 0.717) is 5.56 Å². The number of methoxy groups -OCH3 is 1. The SMILES string of the molecule is COc1ccc(CNc2ccc(NC(=O)c3ccc(C)cc3)cc2)cc1. The molecule has 0 heterocycles. The van der Waals surface area contributed by atoms with Crippen molar-refractivity contribution in [2.24, 2.45) is 0 Å². The van der Waals surface area contributed by atoms with Gasteiger partial charge in [-0.15, -0.1) is 0 Å². The van der Waals surface area contributed by atoms with Crippen molar-refractivity contribution in [3.05, 3.63) is 89.5 Å². The number of rotatable bonds is 6. The van der Waals surface area contributed by atoms with E-state index in [-0.39, 0.29) is 5.91 Å².